The third-order valence-corrected chi connectivity index (χ3v) is 4.29. The zero-order valence-corrected chi connectivity index (χ0v) is 12.8. The molecule has 1 unspecified atom stereocenters. The Labute approximate surface area is 123 Å². The molecule has 0 saturated carbocycles. The van der Waals surface area contributed by atoms with E-state index in [0.717, 1.165) is 12.1 Å². The Morgan fingerprint density at radius 2 is 2.10 bits per heavy atom. The number of hydrogen-bond acceptors (Lipinski definition) is 4. The monoisotopic (exact) mass is 369 g/mol. The predicted molar refractivity (Wildman–Crippen MR) is 72.2 cm³/mol. The van der Waals surface area contributed by atoms with Crippen LogP contribution in [0.5, 0.6) is 0 Å². The van der Waals surface area contributed by atoms with E-state index in [-0.39, 0.29) is 0 Å². The van der Waals surface area contributed by atoms with Crippen LogP contribution >= 0.6 is 15.9 Å². The van der Waals surface area contributed by atoms with Gasteiger partial charge in [-0.15, -0.1) is 0 Å². The fraction of sp³-hybridized carbons (Fsp3) is 0.364. The lowest BCUT2D eigenvalue weighted by atomic mass is 10.0. The van der Waals surface area contributed by atoms with Crippen molar-refractivity contribution in [2.75, 3.05) is 6.54 Å². The molecule has 0 aromatic heterocycles. The van der Waals surface area contributed by atoms with Crippen molar-refractivity contribution in [3.63, 3.8) is 0 Å². The van der Waals surface area contributed by atoms with Crippen molar-refractivity contribution < 1.29 is 27.8 Å². The number of sulfonamides is 1. The van der Waals surface area contributed by atoms with Gasteiger partial charge >= 0.3 is 5.97 Å². The number of aliphatic carboxylic acids is 1. The smallest absolute Gasteiger partial charge is 0.306 e. The number of carbonyl (C=O) groups is 1. The first kappa shape index (κ1) is 17.0. The highest BCUT2D eigenvalue weighted by Crippen LogP contribution is 2.19. The van der Waals surface area contributed by atoms with Crippen LogP contribution in [0.2, 0.25) is 0 Å². The average molecular weight is 370 g/mol. The molecule has 0 amide bonds. The van der Waals surface area contributed by atoms with Crippen LogP contribution in [-0.4, -0.2) is 36.7 Å². The van der Waals surface area contributed by atoms with Crippen molar-refractivity contribution in [1.82, 2.24) is 4.72 Å². The van der Waals surface area contributed by atoms with Gasteiger partial charge < -0.3 is 10.2 Å². The van der Waals surface area contributed by atoms with Crippen molar-refractivity contribution in [3.8, 4) is 0 Å². The fourth-order valence-corrected chi connectivity index (χ4v) is 2.96. The Kier molecular flexibility index (Phi) is 5.25. The number of halogens is 2. The maximum Gasteiger partial charge on any atom is 0.306 e. The Morgan fingerprint density at radius 3 is 2.60 bits per heavy atom. The minimum Gasteiger partial charge on any atom is -0.481 e. The quantitative estimate of drug-likeness (QED) is 0.696. The molecule has 0 saturated heterocycles. The summed E-state index contributed by atoms with van der Waals surface area (Å²) in [7, 11) is -4.18. The van der Waals surface area contributed by atoms with Crippen LogP contribution < -0.4 is 4.72 Å². The molecule has 0 heterocycles. The highest BCUT2D eigenvalue weighted by atomic mass is 79.9. The van der Waals surface area contributed by atoms with Crippen LogP contribution in [0.3, 0.4) is 0 Å². The standard InChI is InChI=1S/C11H13BrFNO5S/c1-11(17,5-10(15)16)6-14-20(18,19)9-3-2-7(12)4-8(9)13/h2-4,14,17H,5-6H2,1H3,(H,15,16). The second kappa shape index (κ2) is 6.17. The van der Waals surface area contributed by atoms with E-state index in [9.17, 15) is 22.7 Å². The molecule has 112 valence electrons. The number of rotatable bonds is 6. The molecular weight excluding hydrogens is 357 g/mol. The van der Waals surface area contributed by atoms with Gasteiger partial charge in [0.25, 0.3) is 0 Å². The first-order valence-electron chi connectivity index (χ1n) is 5.42. The van der Waals surface area contributed by atoms with Gasteiger partial charge in [0.15, 0.2) is 0 Å². The Morgan fingerprint density at radius 1 is 1.50 bits per heavy atom. The van der Waals surface area contributed by atoms with Gasteiger partial charge in [0.2, 0.25) is 10.0 Å². The molecule has 3 N–H and O–H groups in total. The minimum atomic E-state index is -4.18. The number of nitrogens with one attached hydrogen (secondary N) is 1. The molecule has 1 aromatic rings. The first-order chi connectivity index (χ1) is 9.03. The number of carboxylic acid groups (broad SMARTS) is 1. The maximum atomic E-state index is 13.6. The topological polar surface area (TPSA) is 104 Å². The average Bonchev–Trinajstić information content (AvgIpc) is 2.24. The van der Waals surface area contributed by atoms with Crippen molar-refractivity contribution >= 4 is 31.9 Å². The van der Waals surface area contributed by atoms with Crippen LogP contribution in [0.1, 0.15) is 13.3 Å². The predicted octanol–water partition coefficient (Wildman–Crippen LogP) is 1.09. The van der Waals surface area contributed by atoms with Gasteiger partial charge in [-0.05, 0) is 25.1 Å². The molecule has 0 bridgehead atoms. The molecule has 0 fully saturated rings. The normalized spacial score (nSPS) is 14.8. The second-order valence-electron chi connectivity index (χ2n) is 4.47. The van der Waals surface area contributed by atoms with Crippen LogP contribution in [0.25, 0.3) is 0 Å². The van der Waals surface area contributed by atoms with Crippen LogP contribution in [0.4, 0.5) is 4.39 Å². The van der Waals surface area contributed by atoms with Gasteiger partial charge in [-0.25, -0.2) is 17.5 Å². The fourth-order valence-electron chi connectivity index (χ4n) is 1.41. The summed E-state index contributed by atoms with van der Waals surface area (Å²) in [5, 5.41) is 18.3. The van der Waals surface area contributed by atoms with Crippen molar-refractivity contribution in [3.05, 3.63) is 28.5 Å². The lowest BCUT2D eigenvalue weighted by Crippen LogP contribution is -2.42. The summed E-state index contributed by atoms with van der Waals surface area (Å²) in [4.78, 5) is 9.92. The summed E-state index contributed by atoms with van der Waals surface area (Å²) in [5.74, 6) is -2.23. The van der Waals surface area contributed by atoms with Crippen LogP contribution in [0.15, 0.2) is 27.6 Å². The second-order valence-corrected chi connectivity index (χ2v) is 7.12. The van der Waals surface area contributed by atoms with Gasteiger partial charge in [0, 0.05) is 11.0 Å². The van der Waals surface area contributed by atoms with E-state index in [2.05, 4.69) is 15.9 Å². The Balaban J connectivity index is 2.88. The molecular formula is C11H13BrFNO5S. The highest BCUT2D eigenvalue weighted by molar-refractivity contribution is 9.10. The summed E-state index contributed by atoms with van der Waals surface area (Å²) in [6, 6.07) is 3.41. The summed E-state index contributed by atoms with van der Waals surface area (Å²) < 4.78 is 39.7. The maximum absolute atomic E-state index is 13.6. The number of benzene rings is 1. The largest absolute Gasteiger partial charge is 0.481 e. The molecule has 9 heteroatoms. The van der Waals surface area contributed by atoms with Gasteiger partial charge in [-0.2, -0.15) is 0 Å². The summed E-state index contributed by atoms with van der Waals surface area (Å²) in [6.07, 6.45) is -0.641. The molecule has 1 atom stereocenters. The lowest BCUT2D eigenvalue weighted by molar-refractivity contribution is -0.141. The van der Waals surface area contributed by atoms with E-state index in [0.29, 0.717) is 4.47 Å². The molecule has 6 nitrogen and oxygen atoms in total. The zero-order chi connectivity index (χ0) is 15.6. The SMILES string of the molecule is CC(O)(CNS(=O)(=O)c1ccc(Br)cc1F)CC(=O)O. The zero-order valence-electron chi connectivity index (χ0n) is 10.4. The summed E-state index contributed by atoms with van der Waals surface area (Å²) in [6.45, 7) is 0.624. The first-order valence-corrected chi connectivity index (χ1v) is 7.70. The van der Waals surface area contributed by atoms with Crippen molar-refractivity contribution in [2.45, 2.75) is 23.8 Å². The van der Waals surface area contributed by atoms with E-state index < -0.39 is 45.3 Å². The minimum absolute atomic E-state index is 0.381. The van der Waals surface area contributed by atoms with E-state index >= 15 is 0 Å². The van der Waals surface area contributed by atoms with E-state index in [1.807, 2.05) is 4.72 Å². The molecule has 0 spiro atoms. The molecule has 0 aliphatic carbocycles. The lowest BCUT2D eigenvalue weighted by Gasteiger charge is -2.21. The number of carboxylic acids is 1. The molecule has 1 aromatic carbocycles. The van der Waals surface area contributed by atoms with Gasteiger partial charge in [-0.3, -0.25) is 4.79 Å². The van der Waals surface area contributed by atoms with Crippen LogP contribution in [0, 0.1) is 5.82 Å². The van der Waals surface area contributed by atoms with Crippen LogP contribution in [-0.2, 0) is 14.8 Å². The molecule has 0 aliphatic heterocycles. The van der Waals surface area contributed by atoms with E-state index in [4.69, 9.17) is 5.11 Å². The molecule has 20 heavy (non-hydrogen) atoms. The molecule has 1 rings (SSSR count). The summed E-state index contributed by atoms with van der Waals surface area (Å²) >= 11 is 3.00. The van der Waals surface area contributed by atoms with Gasteiger partial charge in [0.05, 0.1) is 12.0 Å². The molecule has 0 radical (unpaired) electrons. The van der Waals surface area contributed by atoms with Gasteiger partial charge in [-0.1, -0.05) is 15.9 Å². The molecule has 0 aliphatic rings. The Bertz CT molecular complexity index is 617. The van der Waals surface area contributed by atoms with Crippen molar-refractivity contribution in [1.29, 1.82) is 0 Å². The van der Waals surface area contributed by atoms with E-state index in [1.165, 1.54) is 13.0 Å². The third-order valence-electron chi connectivity index (χ3n) is 2.36. The third kappa shape index (κ3) is 4.82. The van der Waals surface area contributed by atoms with Gasteiger partial charge in [0.1, 0.15) is 10.7 Å². The summed E-state index contributed by atoms with van der Waals surface area (Å²) in [5.41, 5.74) is -1.77. The number of hydrogen-bond donors (Lipinski definition) is 3. The number of aliphatic hydroxyl groups is 1. The van der Waals surface area contributed by atoms with Crippen molar-refractivity contribution in [2.24, 2.45) is 0 Å². The Hall–Kier alpha value is -1.03. The van der Waals surface area contributed by atoms with E-state index in [1.54, 1.807) is 0 Å². The highest BCUT2D eigenvalue weighted by Gasteiger charge is 2.28.